The normalized spacial score (nSPS) is 15.3. The summed E-state index contributed by atoms with van der Waals surface area (Å²) in [7, 11) is -3.54. The summed E-state index contributed by atoms with van der Waals surface area (Å²) in [5.74, 6) is 1.29. The Hall–Kier alpha value is -2.46. The van der Waals surface area contributed by atoms with Crippen molar-refractivity contribution in [2.45, 2.75) is 11.5 Å². The van der Waals surface area contributed by atoms with Crippen LogP contribution in [0.1, 0.15) is 5.89 Å². The van der Waals surface area contributed by atoms with Crippen LogP contribution in [0.3, 0.4) is 0 Å². The molecular formula is C19H18ClN3O5S. The number of nitrogens with zero attached hydrogens (tertiary/aromatic N) is 3. The molecule has 0 atom stereocenters. The van der Waals surface area contributed by atoms with Crippen LogP contribution in [-0.4, -0.2) is 49.2 Å². The van der Waals surface area contributed by atoms with Crippen molar-refractivity contribution in [3.8, 4) is 17.1 Å². The van der Waals surface area contributed by atoms with E-state index in [9.17, 15) is 8.42 Å². The molecule has 0 unspecified atom stereocenters. The number of hydrogen-bond donors (Lipinski definition) is 0. The smallest absolute Gasteiger partial charge is 0.264 e. The third kappa shape index (κ3) is 4.59. The second-order valence-electron chi connectivity index (χ2n) is 6.30. The molecule has 1 fully saturated rings. The van der Waals surface area contributed by atoms with E-state index in [0.29, 0.717) is 54.4 Å². The van der Waals surface area contributed by atoms with Crippen molar-refractivity contribution in [1.82, 2.24) is 14.4 Å². The predicted octanol–water partition coefficient (Wildman–Crippen LogP) is 2.99. The van der Waals surface area contributed by atoms with Crippen LogP contribution >= 0.6 is 11.6 Å². The van der Waals surface area contributed by atoms with E-state index in [1.54, 1.807) is 48.5 Å². The van der Waals surface area contributed by atoms with E-state index in [2.05, 4.69) is 10.1 Å². The number of benzene rings is 2. The maximum absolute atomic E-state index is 12.7. The van der Waals surface area contributed by atoms with Crippen LogP contribution in [0.2, 0.25) is 5.02 Å². The topological polar surface area (TPSA) is 94.8 Å². The molecule has 0 aliphatic carbocycles. The van der Waals surface area contributed by atoms with E-state index in [1.807, 2.05) is 0 Å². The molecule has 1 aliphatic rings. The van der Waals surface area contributed by atoms with Gasteiger partial charge in [-0.25, -0.2) is 8.42 Å². The van der Waals surface area contributed by atoms with Crippen LogP contribution in [0.25, 0.3) is 11.4 Å². The molecule has 29 heavy (non-hydrogen) atoms. The molecule has 0 amide bonds. The standard InChI is InChI=1S/C19H18ClN3O5S/c20-15-3-5-16(6-4-15)27-13-18-21-19(22-28-18)14-1-7-17(8-2-14)29(24,25)23-9-11-26-12-10-23/h1-8H,9-13H2. The molecule has 1 aromatic heterocycles. The summed E-state index contributed by atoms with van der Waals surface area (Å²) < 4.78 is 42.8. The first-order valence-electron chi connectivity index (χ1n) is 8.92. The van der Waals surface area contributed by atoms with Gasteiger partial charge in [0.15, 0.2) is 6.61 Å². The molecule has 1 aliphatic heterocycles. The van der Waals surface area contributed by atoms with E-state index in [0.717, 1.165) is 0 Å². The summed E-state index contributed by atoms with van der Waals surface area (Å²) >= 11 is 5.84. The molecule has 8 nitrogen and oxygen atoms in total. The fraction of sp³-hybridized carbons (Fsp3) is 0.263. The van der Waals surface area contributed by atoms with Gasteiger partial charge in [0.05, 0.1) is 18.1 Å². The van der Waals surface area contributed by atoms with Crippen molar-refractivity contribution in [2.24, 2.45) is 0 Å². The molecule has 152 valence electrons. The molecule has 1 saturated heterocycles. The highest BCUT2D eigenvalue weighted by molar-refractivity contribution is 7.89. The molecule has 0 N–H and O–H groups in total. The lowest BCUT2D eigenvalue weighted by molar-refractivity contribution is 0.0730. The van der Waals surface area contributed by atoms with Gasteiger partial charge in [-0.15, -0.1) is 0 Å². The molecule has 0 spiro atoms. The fourth-order valence-electron chi connectivity index (χ4n) is 2.82. The van der Waals surface area contributed by atoms with Crippen molar-refractivity contribution >= 4 is 21.6 Å². The maximum atomic E-state index is 12.7. The van der Waals surface area contributed by atoms with Gasteiger partial charge in [-0.1, -0.05) is 16.8 Å². The van der Waals surface area contributed by atoms with Gasteiger partial charge in [0.2, 0.25) is 15.8 Å². The molecule has 3 aromatic rings. The second kappa shape index (κ2) is 8.50. The summed E-state index contributed by atoms with van der Waals surface area (Å²) in [5.41, 5.74) is 0.646. The fourth-order valence-corrected chi connectivity index (χ4v) is 4.35. The highest BCUT2D eigenvalue weighted by Crippen LogP contribution is 2.22. The average molecular weight is 436 g/mol. The van der Waals surface area contributed by atoms with Gasteiger partial charge >= 0.3 is 0 Å². The van der Waals surface area contributed by atoms with Gasteiger partial charge in [-0.3, -0.25) is 0 Å². The third-order valence-electron chi connectivity index (χ3n) is 4.36. The number of hydrogen-bond acceptors (Lipinski definition) is 7. The number of sulfonamides is 1. The van der Waals surface area contributed by atoms with E-state index >= 15 is 0 Å². The largest absolute Gasteiger partial charge is 0.484 e. The van der Waals surface area contributed by atoms with Crippen LogP contribution < -0.4 is 4.74 Å². The minimum atomic E-state index is -3.54. The minimum Gasteiger partial charge on any atom is -0.484 e. The lowest BCUT2D eigenvalue weighted by Gasteiger charge is -2.26. The van der Waals surface area contributed by atoms with Gasteiger partial charge < -0.3 is 14.0 Å². The van der Waals surface area contributed by atoms with E-state index in [1.165, 1.54) is 4.31 Å². The highest BCUT2D eigenvalue weighted by atomic mass is 35.5. The van der Waals surface area contributed by atoms with E-state index in [-0.39, 0.29) is 11.5 Å². The summed E-state index contributed by atoms with van der Waals surface area (Å²) in [6, 6.07) is 13.3. The zero-order valence-electron chi connectivity index (χ0n) is 15.3. The van der Waals surface area contributed by atoms with Crippen LogP contribution in [0.4, 0.5) is 0 Å². The van der Waals surface area contributed by atoms with Gasteiger partial charge in [0.1, 0.15) is 5.75 Å². The van der Waals surface area contributed by atoms with Crippen LogP contribution in [0.15, 0.2) is 57.9 Å². The molecular weight excluding hydrogens is 418 g/mol. The maximum Gasteiger partial charge on any atom is 0.264 e. The lowest BCUT2D eigenvalue weighted by Crippen LogP contribution is -2.40. The van der Waals surface area contributed by atoms with E-state index in [4.69, 9.17) is 25.6 Å². The summed E-state index contributed by atoms with van der Waals surface area (Å²) in [4.78, 5) is 4.51. The first-order valence-corrected chi connectivity index (χ1v) is 10.7. The second-order valence-corrected chi connectivity index (χ2v) is 8.67. The number of rotatable bonds is 6. The molecule has 10 heteroatoms. The molecule has 4 rings (SSSR count). The first-order chi connectivity index (χ1) is 14.0. The van der Waals surface area contributed by atoms with Crippen LogP contribution in [0.5, 0.6) is 5.75 Å². The summed E-state index contributed by atoms with van der Waals surface area (Å²) in [6.45, 7) is 1.62. The van der Waals surface area contributed by atoms with Crippen molar-refractivity contribution < 1.29 is 22.4 Å². The minimum absolute atomic E-state index is 0.109. The molecule has 0 bridgehead atoms. The average Bonchev–Trinajstić information content (AvgIpc) is 3.23. The Labute approximate surface area is 173 Å². The molecule has 0 saturated carbocycles. The Kier molecular flexibility index (Phi) is 5.81. The van der Waals surface area contributed by atoms with E-state index < -0.39 is 10.0 Å². The Morgan fingerprint density at radius 1 is 1.03 bits per heavy atom. The van der Waals surface area contributed by atoms with Crippen molar-refractivity contribution in [1.29, 1.82) is 0 Å². The zero-order chi connectivity index (χ0) is 20.3. The quantitative estimate of drug-likeness (QED) is 0.587. The molecule has 2 heterocycles. The summed E-state index contributed by atoms with van der Waals surface area (Å²) in [5, 5.41) is 4.55. The Morgan fingerprint density at radius 2 is 1.72 bits per heavy atom. The third-order valence-corrected chi connectivity index (χ3v) is 6.53. The highest BCUT2D eigenvalue weighted by Gasteiger charge is 2.26. The molecule has 2 aromatic carbocycles. The zero-order valence-corrected chi connectivity index (χ0v) is 16.9. The monoisotopic (exact) mass is 435 g/mol. The Bertz CT molecular complexity index is 1060. The van der Waals surface area contributed by atoms with Gasteiger partial charge in [0.25, 0.3) is 5.89 Å². The van der Waals surface area contributed by atoms with Crippen LogP contribution in [0, 0.1) is 0 Å². The Balaban J connectivity index is 1.43. The number of morpholine rings is 1. The molecule has 0 radical (unpaired) electrons. The number of halogens is 1. The number of aromatic nitrogens is 2. The van der Waals surface area contributed by atoms with Crippen LogP contribution in [-0.2, 0) is 21.4 Å². The van der Waals surface area contributed by atoms with Gasteiger partial charge in [0, 0.05) is 23.7 Å². The predicted molar refractivity (Wildman–Crippen MR) is 105 cm³/mol. The SMILES string of the molecule is O=S(=O)(c1ccc(-c2noc(COc3ccc(Cl)cc3)n2)cc1)N1CCOCC1. The van der Waals surface area contributed by atoms with Crippen molar-refractivity contribution in [3.05, 3.63) is 59.4 Å². The lowest BCUT2D eigenvalue weighted by atomic mass is 10.2. The first kappa shape index (κ1) is 19.8. The van der Waals surface area contributed by atoms with Crippen molar-refractivity contribution in [2.75, 3.05) is 26.3 Å². The van der Waals surface area contributed by atoms with Gasteiger partial charge in [-0.05, 0) is 48.5 Å². The Morgan fingerprint density at radius 3 is 2.41 bits per heavy atom. The van der Waals surface area contributed by atoms with Gasteiger partial charge in [-0.2, -0.15) is 9.29 Å². The number of ether oxygens (including phenoxy) is 2. The summed E-state index contributed by atoms with van der Waals surface area (Å²) in [6.07, 6.45) is 0. The van der Waals surface area contributed by atoms with Crippen molar-refractivity contribution in [3.63, 3.8) is 0 Å².